The molecular weight excluding hydrogens is 443 g/mol. The Morgan fingerprint density at radius 2 is 1.47 bits per heavy atom. The van der Waals surface area contributed by atoms with E-state index in [9.17, 15) is 27.9 Å². The third kappa shape index (κ3) is 3.51. The monoisotopic (exact) mass is 459 g/mol. The van der Waals surface area contributed by atoms with Gasteiger partial charge in [0.15, 0.2) is 11.6 Å². The van der Waals surface area contributed by atoms with Crippen LogP contribution in [0.25, 0.3) is 16.5 Å². The van der Waals surface area contributed by atoms with Gasteiger partial charge in [-0.25, -0.2) is 13.2 Å². The third-order valence-corrected chi connectivity index (χ3v) is 5.83. The van der Waals surface area contributed by atoms with E-state index in [2.05, 4.69) is 0 Å². The zero-order valence-corrected chi connectivity index (χ0v) is 17.5. The van der Waals surface area contributed by atoms with Crippen molar-refractivity contribution in [3.63, 3.8) is 0 Å². The van der Waals surface area contributed by atoms with E-state index in [-0.39, 0.29) is 11.3 Å². The van der Waals surface area contributed by atoms with Crippen LogP contribution in [-0.2, 0) is 9.59 Å². The predicted octanol–water partition coefficient (Wildman–Crippen LogP) is 5.88. The Labute approximate surface area is 192 Å². The smallest absolute Gasteiger partial charge is 0.300 e. The SMILES string of the molecule is O=C1C(=O)N(c2ccc(F)c(F)c2)C(c2ccc(F)cc2)/C1=C(/O)c1ccc2ccccc2c1. The topological polar surface area (TPSA) is 57.6 Å². The molecule has 1 aliphatic heterocycles. The van der Waals surface area contributed by atoms with Crippen LogP contribution in [0.1, 0.15) is 17.2 Å². The van der Waals surface area contributed by atoms with Gasteiger partial charge in [-0.3, -0.25) is 14.5 Å². The molecule has 0 radical (unpaired) electrons. The molecule has 34 heavy (non-hydrogen) atoms. The maximum Gasteiger partial charge on any atom is 0.300 e. The molecule has 0 bridgehead atoms. The van der Waals surface area contributed by atoms with Gasteiger partial charge in [-0.15, -0.1) is 0 Å². The minimum absolute atomic E-state index is 0.0760. The van der Waals surface area contributed by atoms with Crippen LogP contribution in [0.3, 0.4) is 0 Å². The van der Waals surface area contributed by atoms with Gasteiger partial charge in [-0.1, -0.05) is 48.5 Å². The van der Waals surface area contributed by atoms with Gasteiger partial charge in [0.25, 0.3) is 11.7 Å². The van der Waals surface area contributed by atoms with E-state index < -0.39 is 40.9 Å². The highest BCUT2D eigenvalue weighted by Gasteiger charge is 2.47. The highest BCUT2D eigenvalue weighted by Crippen LogP contribution is 2.42. The number of halogens is 3. The van der Waals surface area contributed by atoms with Crippen LogP contribution in [0.2, 0.25) is 0 Å². The molecule has 1 fully saturated rings. The second-order valence-electron chi connectivity index (χ2n) is 7.88. The molecule has 7 heteroatoms. The summed E-state index contributed by atoms with van der Waals surface area (Å²) in [7, 11) is 0. The Morgan fingerprint density at radius 3 is 2.18 bits per heavy atom. The fourth-order valence-electron chi connectivity index (χ4n) is 4.19. The first-order valence-electron chi connectivity index (χ1n) is 10.4. The normalized spacial score (nSPS) is 17.5. The fourth-order valence-corrected chi connectivity index (χ4v) is 4.19. The van der Waals surface area contributed by atoms with E-state index >= 15 is 0 Å². The predicted molar refractivity (Wildman–Crippen MR) is 121 cm³/mol. The number of hydrogen-bond donors (Lipinski definition) is 1. The summed E-state index contributed by atoms with van der Waals surface area (Å²) in [6, 6.07) is 19.1. The number of carbonyl (C=O) groups is 2. The standard InChI is InChI=1S/C27H16F3NO3/c28-19-9-7-16(8-10-19)24-23(25(32)18-6-5-15-3-1-2-4-17(15)13-18)26(33)27(34)31(24)20-11-12-21(29)22(30)14-20/h1-14,24,32H/b25-23-. The molecule has 5 rings (SSSR count). The molecule has 1 heterocycles. The van der Waals surface area contributed by atoms with Crippen LogP contribution in [-0.4, -0.2) is 16.8 Å². The summed E-state index contributed by atoms with van der Waals surface area (Å²) in [5.41, 5.74) is 0.297. The molecule has 1 N–H and O–H groups in total. The second-order valence-corrected chi connectivity index (χ2v) is 7.88. The van der Waals surface area contributed by atoms with Crippen LogP contribution < -0.4 is 4.90 Å². The van der Waals surface area contributed by atoms with E-state index in [0.717, 1.165) is 46.0 Å². The quantitative estimate of drug-likeness (QED) is 0.236. The first-order chi connectivity index (χ1) is 16.3. The molecule has 4 aromatic carbocycles. The van der Waals surface area contributed by atoms with E-state index in [1.165, 1.54) is 12.1 Å². The zero-order chi connectivity index (χ0) is 24.0. The Bertz CT molecular complexity index is 1500. The minimum atomic E-state index is -1.20. The number of ketones is 1. The average Bonchev–Trinajstić information content (AvgIpc) is 3.11. The van der Waals surface area contributed by atoms with Gasteiger partial charge in [0.2, 0.25) is 0 Å². The zero-order valence-electron chi connectivity index (χ0n) is 17.5. The average molecular weight is 459 g/mol. The van der Waals surface area contributed by atoms with Crippen LogP contribution in [0.15, 0.2) is 90.5 Å². The molecule has 1 atom stereocenters. The van der Waals surface area contributed by atoms with Crippen molar-refractivity contribution in [3.05, 3.63) is 119 Å². The van der Waals surface area contributed by atoms with Gasteiger partial charge in [0, 0.05) is 17.3 Å². The molecule has 1 unspecified atom stereocenters. The van der Waals surface area contributed by atoms with Crippen molar-refractivity contribution < 1.29 is 27.9 Å². The number of benzene rings is 4. The van der Waals surface area contributed by atoms with Crippen LogP contribution in [0, 0.1) is 17.5 Å². The van der Waals surface area contributed by atoms with E-state index in [0.29, 0.717) is 11.1 Å². The number of nitrogens with zero attached hydrogens (tertiary/aromatic N) is 1. The molecule has 1 saturated heterocycles. The molecular formula is C27H16F3NO3. The summed E-state index contributed by atoms with van der Waals surface area (Å²) in [6.45, 7) is 0. The summed E-state index contributed by atoms with van der Waals surface area (Å²) < 4.78 is 41.2. The van der Waals surface area contributed by atoms with Gasteiger partial charge in [-0.2, -0.15) is 0 Å². The minimum Gasteiger partial charge on any atom is -0.507 e. The van der Waals surface area contributed by atoms with E-state index in [4.69, 9.17) is 0 Å². The van der Waals surface area contributed by atoms with Crippen molar-refractivity contribution in [1.82, 2.24) is 0 Å². The molecule has 0 spiro atoms. The molecule has 4 nitrogen and oxygen atoms in total. The van der Waals surface area contributed by atoms with Crippen molar-refractivity contribution >= 4 is 33.9 Å². The third-order valence-electron chi connectivity index (χ3n) is 5.83. The Balaban J connectivity index is 1.73. The number of aliphatic hydroxyl groups is 1. The first kappa shape index (κ1) is 21.5. The van der Waals surface area contributed by atoms with Crippen molar-refractivity contribution in [1.29, 1.82) is 0 Å². The number of fused-ring (bicyclic) bond motifs is 1. The van der Waals surface area contributed by atoms with Gasteiger partial charge in [0.05, 0.1) is 11.6 Å². The Hall–Kier alpha value is -4.39. The number of rotatable bonds is 3. The molecule has 0 aliphatic carbocycles. The van der Waals surface area contributed by atoms with Crippen LogP contribution in [0.4, 0.5) is 18.9 Å². The van der Waals surface area contributed by atoms with Gasteiger partial charge in [-0.05, 0) is 46.7 Å². The number of hydrogen-bond acceptors (Lipinski definition) is 3. The lowest BCUT2D eigenvalue weighted by molar-refractivity contribution is -0.132. The lowest BCUT2D eigenvalue weighted by Gasteiger charge is -2.25. The largest absolute Gasteiger partial charge is 0.507 e. The maximum atomic E-state index is 14.0. The maximum absolute atomic E-state index is 14.0. The lowest BCUT2D eigenvalue weighted by Crippen LogP contribution is -2.29. The van der Waals surface area contributed by atoms with Crippen molar-refractivity contribution in [3.8, 4) is 0 Å². The Morgan fingerprint density at radius 1 is 0.765 bits per heavy atom. The van der Waals surface area contributed by atoms with E-state index in [1.54, 1.807) is 18.2 Å². The van der Waals surface area contributed by atoms with Crippen molar-refractivity contribution in [2.24, 2.45) is 0 Å². The molecule has 1 amide bonds. The molecule has 4 aromatic rings. The summed E-state index contributed by atoms with van der Waals surface area (Å²) in [6.07, 6.45) is 0. The number of Topliss-reactive ketones (excluding diaryl/α,β-unsaturated/α-hetero) is 1. The highest BCUT2D eigenvalue weighted by atomic mass is 19.2. The summed E-state index contributed by atoms with van der Waals surface area (Å²) in [5.74, 6) is -5.31. The molecule has 0 aromatic heterocycles. The number of amides is 1. The molecule has 168 valence electrons. The van der Waals surface area contributed by atoms with Gasteiger partial charge >= 0.3 is 0 Å². The molecule has 1 aliphatic rings. The second kappa shape index (κ2) is 8.19. The van der Waals surface area contributed by atoms with Crippen LogP contribution >= 0.6 is 0 Å². The first-order valence-corrected chi connectivity index (χ1v) is 10.4. The molecule has 0 saturated carbocycles. The number of anilines is 1. The number of aliphatic hydroxyl groups excluding tert-OH is 1. The van der Waals surface area contributed by atoms with Gasteiger partial charge < -0.3 is 5.11 Å². The Kier molecular flexibility index (Phi) is 5.17. The summed E-state index contributed by atoms with van der Waals surface area (Å²) >= 11 is 0. The number of carbonyl (C=O) groups excluding carboxylic acids is 2. The fraction of sp³-hybridized carbons (Fsp3) is 0.0370. The summed E-state index contributed by atoms with van der Waals surface area (Å²) in [4.78, 5) is 27.1. The van der Waals surface area contributed by atoms with Gasteiger partial charge in [0.1, 0.15) is 11.6 Å². The van der Waals surface area contributed by atoms with E-state index in [1.807, 2.05) is 24.3 Å². The lowest BCUT2D eigenvalue weighted by atomic mass is 9.94. The van der Waals surface area contributed by atoms with Crippen molar-refractivity contribution in [2.75, 3.05) is 4.90 Å². The van der Waals surface area contributed by atoms with Crippen molar-refractivity contribution in [2.45, 2.75) is 6.04 Å². The highest BCUT2D eigenvalue weighted by molar-refractivity contribution is 6.51. The van der Waals surface area contributed by atoms with Crippen LogP contribution in [0.5, 0.6) is 0 Å². The summed E-state index contributed by atoms with van der Waals surface area (Å²) in [5, 5.41) is 12.9.